The van der Waals surface area contributed by atoms with Crippen LogP contribution in [0.3, 0.4) is 0 Å². The number of amides is 2. The van der Waals surface area contributed by atoms with Gasteiger partial charge in [-0.2, -0.15) is 0 Å². The molecule has 3 rings (SSSR count). The molecule has 1 saturated heterocycles. The molecular weight excluding hydrogens is 383 g/mol. The summed E-state index contributed by atoms with van der Waals surface area (Å²) in [5.41, 5.74) is 2.94. The van der Waals surface area contributed by atoms with E-state index in [0.29, 0.717) is 12.1 Å². The number of nitrogens with one attached hydrogen (secondary N) is 2. The van der Waals surface area contributed by atoms with Gasteiger partial charge in [-0.1, -0.05) is 18.2 Å². The van der Waals surface area contributed by atoms with E-state index in [1.54, 1.807) is 19.1 Å². The second-order valence-electron chi connectivity index (χ2n) is 7.87. The van der Waals surface area contributed by atoms with Crippen LogP contribution in [0, 0.1) is 12.7 Å². The lowest BCUT2D eigenvalue weighted by molar-refractivity contribution is -0.136. The predicted octanol–water partition coefficient (Wildman–Crippen LogP) is 3.09. The van der Waals surface area contributed by atoms with E-state index in [1.807, 2.05) is 19.0 Å². The number of carbonyl (C=O) groups excluding carboxylic acids is 2. The summed E-state index contributed by atoms with van der Waals surface area (Å²) in [6.45, 7) is 3.89. The van der Waals surface area contributed by atoms with Gasteiger partial charge in [-0.15, -0.1) is 0 Å². The standard InChI is InChI=1S/C23H29FN4O2/c1-16-6-9-18(14-20(16)24)26-23(30)22(29)25-15-21(28-12-4-5-13-28)17-7-10-19(11-8-17)27(2)3/h6-11,14,21H,4-5,12-13,15H2,1-3H3,(H,25,29)(H,26,30)/t21-/m1/s1. The number of hydrogen-bond acceptors (Lipinski definition) is 4. The van der Waals surface area contributed by atoms with E-state index in [2.05, 4.69) is 39.8 Å². The van der Waals surface area contributed by atoms with Crippen molar-refractivity contribution < 1.29 is 14.0 Å². The van der Waals surface area contributed by atoms with Gasteiger partial charge in [0, 0.05) is 32.0 Å². The number of rotatable bonds is 6. The third-order valence-electron chi connectivity index (χ3n) is 5.47. The first-order chi connectivity index (χ1) is 14.3. The molecule has 2 N–H and O–H groups in total. The molecule has 0 bridgehead atoms. The summed E-state index contributed by atoms with van der Waals surface area (Å²) in [5, 5.41) is 5.20. The fourth-order valence-corrected chi connectivity index (χ4v) is 3.63. The van der Waals surface area contributed by atoms with Gasteiger partial charge < -0.3 is 15.5 Å². The van der Waals surface area contributed by atoms with E-state index < -0.39 is 17.6 Å². The number of carbonyl (C=O) groups is 2. The minimum absolute atomic E-state index is 0.00252. The van der Waals surface area contributed by atoms with Crippen molar-refractivity contribution in [2.75, 3.05) is 43.9 Å². The van der Waals surface area contributed by atoms with Crippen molar-refractivity contribution in [2.24, 2.45) is 0 Å². The Balaban J connectivity index is 1.64. The third kappa shape index (κ3) is 5.36. The first-order valence-electron chi connectivity index (χ1n) is 10.2. The molecule has 0 aromatic heterocycles. The lowest BCUT2D eigenvalue weighted by atomic mass is 10.0. The Kier molecular flexibility index (Phi) is 7.05. The summed E-state index contributed by atoms with van der Waals surface area (Å²) in [4.78, 5) is 29.0. The third-order valence-corrected chi connectivity index (χ3v) is 5.47. The quantitative estimate of drug-likeness (QED) is 0.716. The van der Waals surface area contributed by atoms with Crippen molar-refractivity contribution in [1.29, 1.82) is 0 Å². The number of hydrogen-bond donors (Lipinski definition) is 2. The summed E-state index contributed by atoms with van der Waals surface area (Å²) >= 11 is 0. The highest BCUT2D eigenvalue weighted by Gasteiger charge is 2.25. The zero-order valence-electron chi connectivity index (χ0n) is 17.7. The molecule has 160 valence electrons. The summed E-state index contributed by atoms with van der Waals surface area (Å²) in [6.07, 6.45) is 2.25. The highest BCUT2D eigenvalue weighted by atomic mass is 19.1. The first-order valence-corrected chi connectivity index (χ1v) is 10.2. The number of aryl methyl sites for hydroxylation is 1. The van der Waals surface area contributed by atoms with Crippen LogP contribution in [0.4, 0.5) is 15.8 Å². The minimum atomic E-state index is -0.804. The van der Waals surface area contributed by atoms with Crippen LogP contribution in [0.15, 0.2) is 42.5 Å². The zero-order chi connectivity index (χ0) is 21.7. The highest BCUT2D eigenvalue weighted by Crippen LogP contribution is 2.26. The first kappa shape index (κ1) is 21.8. The van der Waals surface area contributed by atoms with Gasteiger partial charge in [-0.05, 0) is 68.2 Å². The topological polar surface area (TPSA) is 64.7 Å². The predicted molar refractivity (Wildman–Crippen MR) is 117 cm³/mol. The van der Waals surface area contributed by atoms with Gasteiger partial charge in [0.1, 0.15) is 5.82 Å². The second-order valence-corrected chi connectivity index (χ2v) is 7.87. The Labute approximate surface area is 177 Å². The van der Waals surface area contributed by atoms with Crippen LogP contribution in [0.5, 0.6) is 0 Å². The monoisotopic (exact) mass is 412 g/mol. The van der Waals surface area contributed by atoms with Gasteiger partial charge in [-0.25, -0.2) is 4.39 Å². The van der Waals surface area contributed by atoms with Crippen LogP contribution in [-0.4, -0.2) is 50.4 Å². The Morgan fingerprint density at radius 3 is 2.33 bits per heavy atom. The molecule has 0 saturated carbocycles. The van der Waals surface area contributed by atoms with Crippen molar-refractivity contribution in [2.45, 2.75) is 25.8 Å². The summed E-state index contributed by atoms with van der Waals surface area (Å²) in [5.74, 6) is -1.96. The van der Waals surface area contributed by atoms with Crippen LogP contribution in [0.25, 0.3) is 0 Å². The molecule has 2 aromatic rings. The minimum Gasteiger partial charge on any atom is -0.378 e. The largest absolute Gasteiger partial charge is 0.378 e. The molecule has 30 heavy (non-hydrogen) atoms. The lowest BCUT2D eigenvalue weighted by Crippen LogP contribution is -2.41. The Hall–Kier alpha value is -2.93. The van der Waals surface area contributed by atoms with E-state index in [9.17, 15) is 14.0 Å². The molecule has 6 nitrogen and oxygen atoms in total. The molecule has 2 amide bonds. The maximum atomic E-state index is 13.7. The molecule has 1 aliphatic heterocycles. The molecule has 0 spiro atoms. The Morgan fingerprint density at radius 2 is 1.73 bits per heavy atom. The fraction of sp³-hybridized carbons (Fsp3) is 0.391. The number of nitrogens with zero attached hydrogens (tertiary/aromatic N) is 2. The lowest BCUT2D eigenvalue weighted by Gasteiger charge is -2.28. The van der Waals surface area contributed by atoms with Crippen LogP contribution < -0.4 is 15.5 Å². The second kappa shape index (κ2) is 9.71. The Bertz CT molecular complexity index is 893. The molecule has 0 unspecified atom stereocenters. The number of likely N-dealkylation sites (tertiary alicyclic amines) is 1. The van der Waals surface area contributed by atoms with Crippen molar-refractivity contribution >= 4 is 23.2 Å². The van der Waals surface area contributed by atoms with Crippen LogP contribution in [-0.2, 0) is 9.59 Å². The van der Waals surface area contributed by atoms with Crippen molar-refractivity contribution in [3.05, 3.63) is 59.4 Å². The van der Waals surface area contributed by atoms with E-state index in [0.717, 1.165) is 37.2 Å². The van der Waals surface area contributed by atoms with Gasteiger partial charge in [0.25, 0.3) is 0 Å². The molecule has 7 heteroatoms. The van der Waals surface area contributed by atoms with Crippen molar-refractivity contribution in [3.63, 3.8) is 0 Å². The summed E-state index contributed by atoms with van der Waals surface area (Å²) in [7, 11) is 3.98. The van der Waals surface area contributed by atoms with E-state index in [1.165, 1.54) is 6.07 Å². The molecule has 1 heterocycles. The summed E-state index contributed by atoms with van der Waals surface area (Å²) in [6, 6.07) is 12.6. The fourth-order valence-electron chi connectivity index (χ4n) is 3.63. The number of anilines is 2. The van der Waals surface area contributed by atoms with Crippen molar-refractivity contribution in [3.8, 4) is 0 Å². The zero-order valence-corrected chi connectivity index (χ0v) is 17.7. The van der Waals surface area contributed by atoms with E-state index in [-0.39, 0.29) is 11.7 Å². The van der Waals surface area contributed by atoms with Gasteiger partial charge in [0.15, 0.2) is 0 Å². The SMILES string of the molecule is Cc1ccc(NC(=O)C(=O)NC[C@H](c2ccc(N(C)C)cc2)N2CCCC2)cc1F. The van der Waals surface area contributed by atoms with Gasteiger partial charge in [-0.3, -0.25) is 14.5 Å². The highest BCUT2D eigenvalue weighted by molar-refractivity contribution is 6.39. The molecule has 2 aromatic carbocycles. The molecule has 0 radical (unpaired) electrons. The van der Waals surface area contributed by atoms with Crippen LogP contribution in [0.2, 0.25) is 0 Å². The summed E-state index contributed by atoms with van der Waals surface area (Å²) < 4.78 is 13.7. The molecular formula is C23H29FN4O2. The van der Waals surface area contributed by atoms with Gasteiger partial charge in [0.05, 0.1) is 6.04 Å². The van der Waals surface area contributed by atoms with Crippen LogP contribution in [0.1, 0.15) is 30.0 Å². The van der Waals surface area contributed by atoms with Crippen molar-refractivity contribution in [1.82, 2.24) is 10.2 Å². The smallest absolute Gasteiger partial charge is 0.313 e. The molecule has 0 aliphatic carbocycles. The van der Waals surface area contributed by atoms with Gasteiger partial charge in [0.2, 0.25) is 0 Å². The molecule has 1 atom stereocenters. The van der Waals surface area contributed by atoms with E-state index >= 15 is 0 Å². The number of benzene rings is 2. The number of halogens is 1. The normalized spacial score (nSPS) is 14.9. The van der Waals surface area contributed by atoms with E-state index in [4.69, 9.17) is 0 Å². The van der Waals surface area contributed by atoms with Crippen LogP contribution >= 0.6 is 0 Å². The maximum Gasteiger partial charge on any atom is 0.313 e. The van der Waals surface area contributed by atoms with Gasteiger partial charge >= 0.3 is 11.8 Å². The average molecular weight is 413 g/mol. The Morgan fingerprint density at radius 1 is 1.07 bits per heavy atom. The molecule has 1 aliphatic rings. The maximum absolute atomic E-state index is 13.7. The average Bonchev–Trinajstić information content (AvgIpc) is 3.25. The molecule has 1 fully saturated rings.